The molecule has 2 aromatic rings. The first-order chi connectivity index (χ1) is 12.1. The van der Waals surface area contributed by atoms with E-state index < -0.39 is 12.9 Å². The standard InChI is InChI=1S/C19H22BFO4/c1-3-9-24-19-17(23-2)8-7-16(18(19)21)14-6-4-5-13(10-14)15-11-20(22)25-12-15/h4-8,10,15,22H,3,9,11-12H2,1-2H3/t15-/m1/s1. The maximum Gasteiger partial charge on any atom is 0.454 e. The topological polar surface area (TPSA) is 47.9 Å². The highest BCUT2D eigenvalue weighted by atomic mass is 19.1. The molecule has 0 amide bonds. The molecule has 2 aromatic carbocycles. The monoisotopic (exact) mass is 344 g/mol. The highest BCUT2D eigenvalue weighted by Gasteiger charge is 2.30. The van der Waals surface area contributed by atoms with Crippen molar-refractivity contribution in [3.63, 3.8) is 0 Å². The molecule has 1 heterocycles. The largest absolute Gasteiger partial charge is 0.493 e. The van der Waals surface area contributed by atoms with Crippen LogP contribution < -0.4 is 9.47 Å². The van der Waals surface area contributed by atoms with Crippen LogP contribution in [0.2, 0.25) is 6.32 Å². The Morgan fingerprint density at radius 3 is 2.84 bits per heavy atom. The molecule has 1 aliphatic rings. The molecule has 0 unspecified atom stereocenters. The Balaban J connectivity index is 1.96. The van der Waals surface area contributed by atoms with Gasteiger partial charge in [-0.05, 0) is 36.0 Å². The fourth-order valence-corrected chi connectivity index (χ4v) is 3.06. The van der Waals surface area contributed by atoms with Gasteiger partial charge in [0.1, 0.15) is 0 Å². The van der Waals surface area contributed by atoms with E-state index in [1.807, 2.05) is 31.2 Å². The lowest BCUT2D eigenvalue weighted by Crippen LogP contribution is -2.07. The van der Waals surface area contributed by atoms with E-state index in [2.05, 4.69) is 0 Å². The van der Waals surface area contributed by atoms with E-state index in [-0.39, 0.29) is 11.7 Å². The van der Waals surface area contributed by atoms with Gasteiger partial charge in [-0.3, -0.25) is 0 Å². The Bertz CT molecular complexity index is 737. The Labute approximate surface area is 147 Å². The Kier molecular flexibility index (Phi) is 5.61. The second-order valence-corrected chi connectivity index (χ2v) is 6.15. The molecule has 0 saturated carbocycles. The average Bonchev–Trinajstić information content (AvgIpc) is 3.07. The third kappa shape index (κ3) is 3.80. The van der Waals surface area contributed by atoms with Gasteiger partial charge in [0.15, 0.2) is 17.3 Å². The van der Waals surface area contributed by atoms with Crippen LogP contribution in [0.1, 0.15) is 24.8 Å². The van der Waals surface area contributed by atoms with Crippen molar-refractivity contribution in [2.75, 3.05) is 20.3 Å². The van der Waals surface area contributed by atoms with Gasteiger partial charge in [-0.25, -0.2) is 4.39 Å². The molecule has 1 saturated heterocycles. The fraction of sp³-hybridized carbons (Fsp3) is 0.368. The van der Waals surface area contributed by atoms with E-state index >= 15 is 4.39 Å². The summed E-state index contributed by atoms with van der Waals surface area (Å²) in [6.07, 6.45) is 1.34. The average molecular weight is 344 g/mol. The second-order valence-electron chi connectivity index (χ2n) is 6.15. The molecule has 0 spiro atoms. The van der Waals surface area contributed by atoms with Crippen LogP contribution in [-0.4, -0.2) is 32.5 Å². The van der Waals surface area contributed by atoms with Crippen molar-refractivity contribution in [1.29, 1.82) is 0 Å². The predicted octanol–water partition coefficient (Wildman–Crippen LogP) is 3.88. The summed E-state index contributed by atoms with van der Waals surface area (Å²) in [5.41, 5.74) is 2.26. The molecule has 1 N–H and O–H groups in total. The molecule has 25 heavy (non-hydrogen) atoms. The Morgan fingerprint density at radius 1 is 1.32 bits per heavy atom. The summed E-state index contributed by atoms with van der Waals surface area (Å²) < 4.78 is 31.0. The smallest absolute Gasteiger partial charge is 0.454 e. The number of halogens is 1. The summed E-state index contributed by atoms with van der Waals surface area (Å²) in [5, 5.41) is 9.56. The Hall–Kier alpha value is -2.05. The molecule has 0 bridgehead atoms. The van der Waals surface area contributed by atoms with Crippen LogP contribution in [0, 0.1) is 5.82 Å². The first-order valence-corrected chi connectivity index (χ1v) is 8.53. The molecule has 6 heteroatoms. The minimum Gasteiger partial charge on any atom is -0.493 e. The minimum atomic E-state index is -0.722. The summed E-state index contributed by atoms with van der Waals surface area (Å²) in [4.78, 5) is 0. The maximum atomic E-state index is 15.0. The zero-order chi connectivity index (χ0) is 17.8. The molecule has 132 valence electrons. The third-order valence-corrected chi connectivity index (χ3v) is 4.38. The number of benzene rings is 2. The zero-order valence-electron chi connectivity index (χ0n) is 14.5. The molecule has 1 fully saturated rings. The van der Waals surface area contributed by atoms with Crippen molar-refractivity contribution in [2.45, 2.75) is 25.6 Å². The van der Waals surface area contributed by atoms with E-state index in [0.29, 0.717) is 30.8 Å². The van der Waals surface area contributed by atoms with Gasteiger partial charge in [0, 0.05) is 18.1 Å². The van der Waals surface area contributed by atoms with Gasteiger partial charge in [-0.15, -0.1) is 0 Å². The van der Waals surface area contributed by atoms with Crippen LogP contribution in [0.3, 0.4) is 0 Å². The van der Waals surface area contributed by atoms with Gasteiger partial charge in [-0.2, -0.15) is 0 Å². The summed E-state index contributed by atoms with van der Waals surface area (Å²) in [5.74, 6) is 0.227. The molecular weight excluding hydrogens is 322 g/mol. The molecule has 1 atom stereocenters. The van der Waals surface area contributed by atoms with Gasteiger partial charge in [0.25, 0.3) is 0 Å². The molecule has 0 radical (unpaired) electrons. The summed E-state index contributed by atoms with van der Waals surface area (Å²) in [6.45, 7) is 2.87. The van der Waals surface area contributed by atoms with E-state index in [4.69, 9.17) is 14.1 Å². The van der Waals surface area contributed by atoms with Gasteiger partial charge in [0.05, 0.1) is 13.7 Å². The van der Waals surface area contributed by atoms with Crippen molar-refractivity contribution in [2.24, 2.45) is 0 Å². The lowest BCUT2D eigenvalue weighted by atomic mass is 9.79. The van der Waals surface area contributed by atoms with Crippen molar-refractivity contribution >= 4 is 7.12 Å². The first kappa shape index (κ1) is 17.8. The van der Waals surface area contributed by atoms with Gasteiger partial charge in [-0.1, -0.05) is 31.2 Å². The van der Waals surface area contributed by atoms with Crippen molar-refractivity contribution in [1.82, 2.24) is 0 Å². The summed E-state index contributed by atoms with van der Waals surface area (Å²) in [6, 6.07) is 11.1. The lowest BCUT2D eigenvalue weighted by molar-refractivity contribution is 0.280. The van der Waals surface area contributed by atoms with Crippen molar-refractivity contribution in [3.05, 3.63) is 47.8 Å². The van der Waals surface area contributed by atoms with Crippen LogP contribution >= 0.6 is 0 Å². The molecule has 3 rings (SSSR count). The molecule has 0 aliphatic carbocycles. The lowest BCUT2D eigenvalue weighted by Gasteiger charge is -2.15. The Morgan fingerprint density at radius 2 is 2.16 bits per heavy atom. The van der Waals surface area contributed by atoms with E-state index in [1.54, 1.807) is 12.1 Å². The molecule has 1 aliphatic heterocycles. The van der Waals surface area contributed by atoms with Crippen molar-refractivity contribution in [3.8, 4) is 22.6 Å². The van der Waals surface area contributed by atoms with Crippen molar-refractivity contribution < 1.29 is 23.5 Å². The van der Waals surface area contributed by atoms with E-state index in [0.717, 1.165) is 17.5 Å². The first-order valence-electron chi connectivity index (χ1n) is 8.53. The van der Waals surface area contributed by atoms with E-state index in [9.17, 15) is 5.02 Å². The van der Waals surface area contributed by atoms with Crippen LogP contribution in [0.5, 0.6) is 11.5 Å². The second kappa shape index (κ2) is 7.89. The molecule has 0 aromatic heterocycles. The van der Waals surface area contributed by atoms with Gasteiger partial charge < -0.3 is 19.2 Å². The minimum absolute atomic E-state index is 0.118. The van der Waals surface area contributed by atoms with Crippen LogP contribution in [-0.2, 0) is 4.65 Å². The van der Waals surface area contributed by atoms with E-state index in [1.165, 1.54) is 7.11 Å². The normalized spacial score (nSPS) is 17.0. The highest BCUT2D eigenvalue weighted by molar-refractivity contribution is 6.43. The predicted molar refractivity (Wildman–Crippen MR) is 95.6 cm³/mol. The number of rotatable bonds is 6. The maximum absolute atomic E-state index is 15.0. The van der Waals surface area contributed by atoms with Crippen LogP contribution in [0.15, 0.2) is 36.4 Å². The number of hydrogen-bond donors (Lipinski definition) is 1. The molecule has 4 nitrogen and oxygen atoms in total. The zero-order valence-corrected chi connectivity index (χ0v) is 14.5. The number of methoxy groups -OCH3 is 1. The van der Waals surface area contributed by atoms with Crippen LogP contribution in [0.4, 0.5) is 4.39 Å². The fourth-order valence-electron chi connectivity index (χ4n) is 3.06. The summed E-state index contributed by atoms with van der Waals surface area (Å²) in [7, 11) is 0.777. The van der Waals surface area contributed by atoms with Gasteiger partial charge >= 0.3 is 7.12 Å². The SMILES string of the molecule is CCCOc1c(OC)ccc(-c2cccc([C@H]3COB(O)C3)c2)c1F. The third-order valence-electron chi connectivity index (χ3n) is 4.38. The molecular formula is C19H22BFO4. The van der Waals surface area contributed by atoms with Gasteiger partial charge in [0.2, 0.25) is 0 Å². The van der Waals surface area contributed by atoms with Crippen LogP contribution in [0.25, 0.3) is 11.1 Å². The quantitative estimate of drug-likeness (QED) is 0.808. The number of hydrogen-bond acceptors (Lipinski definition) is 4. The summed E-state index contributed by atoms with van der Waals surface area (Å²) >= 11 is 0. The highest BCUT2D eigenvalue weighted by Crippen LogP contribution is 2.38. The number of ether oxygens (including phenoxy) is 2.